The summed E-state index contributed by atoms with van der Waals surface area (Å²) in [6.45, 7) is 3.11. The van der Waals surface area contributed by atoms with Crippen molar-refractivity contribution >= 4 is 62.1 Å². The molecule has 1 aromatic heterocycles. The molecule has 3 aromatic carbocycles. The van der Waals surface area contributed by atoms with E-state index in [2.05, 4.69) is 64.6 Å². The molecular weight excluding hydrogens is 362 g/mol. The molecule has 0 spiro atoms. The van der Waals surface area contributed by atoms with Crippen LogP contribution in [0.25, 0.3) is 21.8 Å². The number of aromatic nitrogens is 1. The van der Waals surface area contributed by atoms with Gasteiger partial charge in [0.25, 0.3) is 0 Å². The van der Waals surface area contributed by atoms with Crippen LogP contribution < -0.4 is 10.6 Å². The lowest BCUT2D eigenvalue weighted by Gasteiger charge is -2.11. The largest absolute Gasteiger partial charge is 0.341 e. The minimum atomic E-state index is 0.547. The first-order chi connectivity index (χ1) is 12.7. The maximum atomic E-state index is 5.92. The van der Waals surface area contributed by atoms with Gasteiger partial charge in [-0.15, -0.1) is 0 Å². The molecule has 0 saturated heterocycles. The zero-order valence-electron chi connectivity index (χ0n) is 14.3. The van der Waals surface area contributed by atoms with Gasteiger partial charge >= 0.3 is 0 Å². The van der Waals surface area contributed by atoms with Gasteiger partial charge in [0.2, 0.25) is 0 Å². The van der Waals surface area contributed by atoms with E-state index in [1.165, 1.54) is 21.8 Å². The first-order valence-corrected chi connectivity index (χ1v) is 9.29. The Balaban J connectivity index is 1.64. The summed E-state index contributed by atoms with van der Waals surface area (Å²) in [5.41, 5.74) is 4.35. The monoisotopic (exact) mass is 379 g/mol. The van der Waals surface area contributed by atoms with Gasteiger partial charge in [0.15, 0.2) is 5.11 Å². The SMILES string of the molecule is CCn1c2ccccc2c2cc(NC(=S)Nc3ccc(Cl)cc3)ccc21. The van der Waals surface area contributed by atoms with Gasteiger partial charge in [0.05, 0.1) is 0 Å². The third kappa shape index (κ3) is 3.14. The Labute approximate surface area is 162 Å². The summed E-state index contributed by atoms with van der Waals surface area (Å²) in [7, 11) is 0. The molecule has 130 valence electrons. The Bertz CT molecular complexity index is 1100. The molecule has 4 aromatic rings. The zero-order chi connectivity index (χ0) is 18.1. The number of fused-ring (bicyclic) bond motifs is 3. The summed E-state index contributed by atoms with van der Waals surface area (Å²) in [6.07, 6.45) is 0. The summed E-state index contributed by atoms with van der Waals surface area (Å²) in [6, 6.07) is 22.3. The summed E-state index contributed by atoms with van der Waals surface area (Å²) in [4.78, 5) is 0. The Morgan fingerprint density at radius 2 is 1.54 bits per heavy atom. The molecule has 0 aliphatic rings. The Morgan fingerprint density at radius 3 is 2.31 bits per heavy atom. The fourth-order valence-corrected chi connectivity index (χ4v) is 3.66. The molecule has 0 bridgehead atoms. The standard InChI is InChI=1S/C21H18ClN3S/c1-2-25-19-6-4-3-5-17(19)18-13-16(11-12-20(18)25)24-21(26)23-15-9-7-14(22)8-10-15/h3-13H,2H2,1H3,(H2,23,24,26). The molecule has 4 rings (SSSR count). The summed E-state index contributed by atoms with van der Waals surface area (Å²) < 4.78 is 2.33. The van der Waals surface area contributed by atoms with Crippen molar-refractivity contribution in [1.29, 1.82) is 0 Å². The van der Waals surface area contributed by atoms with Gasteiger partial charge in [-0.05, 0) is 67.7 Å². The number of halogens is 1. The summed E-state index contributed by atoms with van der Waals surface area (Å²) in [5, 5.41) is 10.2. The van der Waals surface area contributed by atoms with E-state index in [9.17, 15) is 0 Å². The van der Waals surface area contributed by atoms with Crippen molar-refractivity contribution in [3.8, 4) is 0 Å². The lowest BCUT2D eigenvalue weighted by molar-refractivity contribution is 0.827. The van der Waals surface area contributed by atoms with E-state index in [1.807, 2.05) is 24.3 Å². The number of aryl methyl sites for hydroxylation is 1. The number of benzene rings is 3. The van der Waals surface area contributed by atoms with Crippen LogP contribution in [0.4, 0.5) is 11.4 Å². The molecule has 0 atom stereocenters. The summed E-state index contributed by atoms with van der Waals surface area (Å²) in [5.74, 6) is 0. The highest BCUT2D eigenvalue weighted by Crippen LogP contribution is 2.31. The lowest BCUT2D eigenvalue weighted by atomic mass is 10.1. The smallest absolute Gasteiger partial charge is 0.175 e. The molecule has 0 amide bonds. The number of rotatable bonds is 3. The predicted molar refractivity (Wildman–Crippen MR) is 116 cm³/mol. The Hall–Kier alpha value is -2.56. The van der Waals surface area contributed by atoms with E-state index >= 15 is 0 Å². The Morgan fingerprint density at radius 1 is 0.885 bits per heavy atom. The highest BCUT2D eigenvalue weighted by Gasteiger charge is 2.10. The van der Waals surface area contributed by atoms with Crippen LogP contribution in [0.15, 0.2) is 66.7 Å². The van der Waals surface area contributed by atoms with E-state index in [0.717, 1.165) is 17.9 Å². The molecule has 0 aliphatic heterocycles. The molecule has 26 heavy (non-hydrogen) atoms. The number of anilines is 2. The van der Waals surface area contributed by atoms with Crippen LogP contribution >= 0.6 is 23.8 Å². The van der Waals surface area contributed by atoms with Crippen molar-refractivity contribution < 1.29 is 0 Å². The van der Waals surface area contributed by atoms with Gasteiger partial charge in [-0.2, -0.15) is 0 Å². The van der Waals surface area contributed by atoms with Crippen LogP contribution in [0.3, 0.4) is 0 Å². The number of hydrogen-bond acceptors (Lipinski definition) is 1. The second-order valence-corrected chi connectivity index (χ2v) is 6.92. The first-order valence-electron chi connectivity index (χ1n) is 8.50. The van der Waals surface area contributed by atoms with Gasteiger partial charge in [-0.1, -0.05) is 29.8 Å². The van der Waals surface area contributed by atoms with E-state index in [1.54, 1.807) is 0 Å². The number of hydrogen-bond donors (Lipinski definition) is 2. The molecule has 1 heterocycles. The van der Waals surface area contributed by atoms with Crippen LogP contribution in [-0.4, -0.2) is 9.68 Å². The number of nitrogens with one attached hydrogen (secondary N) is 2. The van der Waals surface area contributed by atoms with Gasteiger partial charge in [-0.3, -0.25) is 0 Å². The number of para-hydroxylation sites is 1. The quantitative estimate of drug-likeness (QED) is 0.410. The third-order valence-corrected chi connectivity index (χ3v) is 4.90. The summed E-state index contributed by atoms with van der Waals surface area (Å²) >= 11 is 11.4. The fraction of sp³-hybridized carbons (Fsp3) is 0.0952. The second-order valence-electron chi connectivity index (χ2n) is 6.08. The van der Waals surface area contributed by atoms with Crippen LogP contribution in [0, 0.1) is 0 Å². The number of thiocarbonyl (C=S) groups is 1. The van der Waals surface area contributed by atoms with Gasteiger partial charge < -0.3 is 15.2 Å². The van der Waals surface area contributed by atoms with Crippen molar-refractivity contribution in [3.63, 3.8) is 0 Å². The maximum absolute atomic E-state index is 5.92. The van der Waals surface area contributed by atoms with Gasteiger partial charge in [0.1, 0.15) is 0 Å². The third-order valence-electron chi connectivity index (χ3n) is 4.45. The fourth-order valence-electron chi connectivity index (χ4n) is 3.30. The lowest BCUT2D eigenvalue weighted by Crippen LogP contribution is -2.18. The van der Waals surface area contributed by atoms with Crippen molar-refractivity contribution in [2.24, 2.45) is 0 Å². The van der Waals surface area contributed by atoms with Crippen LogP contribution in [0.2, 0.25) is 5.02 Å². The van der Waals surface area contributed by atoms with Crippen molar-refractivity contribution in [1.82, 2.24) is 4.57 Å². The van der Waals surface area contributed by atoms with E-state index in [-0.39, 0.29) is 0 Å². The highest BCUT2D eigenvalue weighted by atomic mass is 35.5. The molecule has 2 N–H and O–H groups in total. The second kappa shape index (κ2) is 6.98. The van der Waals surface area contributed by atoms with Crippen LogP contribution in [-0.2, 0) is 6.54 Å². The predicted octanol–water partition coefficient (Wildman–Crippen LogP) is 6.28. The molecule has 0 fully saturated rings. The average molecular weight is 380 g/mol. The highest BCUT2D eigenvalue weighted by molar-refractivity contribution is 7.80. The topological polar surface area (TPSA) is 29.0 Å². The minimum Gasteiger partial charge on any atom is -0.341 e. The van der Waals surface area contributed by atoms with Crippen molar-refractivity contribution in [2.45, 2.75) is 13.5 Å². The molecule has 3 nitrogen and oxygen atoms in total. The molecule has 0 radical (unpaired) electrons. The van der Waals surface area contributed by atoms with Gasteiger partial charge in [-0.25, -0.2) is 0 Å². The first kappa shape index (κ1) is 16.9. The van der Waals surface area contributed by atoms with E-state index in [0.29, 0.717) is 10.1 Å². The molecular formula is C21H18ClN3S. The van der Waals surface area contributed by atoms with Gasteiger partial charge in [0, 0.05) is 44.7 Å². The molecule has 0 saturated carbocycles. The van der Waals surface area contributed by atoms with Crippen LogP contribution in [0.5, 0.6) is 0 Å². The molecule has 0 aliphatic carbocycles. The normalized spacial score (nSPS) is 11.0. The maximum Gasteiger partial charge on any atom is 0.175 e. The van der Waals surface area contributed by atoms with E-state index in [4.69, 9.17) is 23.8 Å². The average Bonchev–Trinajstić information content (AvgIpc) is 2.97. The zero-order valence-corrected chi connectivity index (χ0v) is 15.9. The van der Waals surface area contributed by atoms with Crippen molar-refractivity contribution in [2.75, 3.05) is 10.6 Å². The minimum absolute atomic E-state index is 0.547. The number of nitrogens with zero attached hydrogens (tertiary/aromatic N) is 1. The van der Waals surface area contributed by atoms with Crippen LogP contribution in [0.1, 0.15) is 6.92 Å². The Kier molecular flexibility index (Phi) is 4.53. The van der Waals surface area contributed by atoms with Crippen molar-refractivity contribution in [3.05, 3.63) is 71.8 Å². The van der Waals surface area contributed by atoms with E-state index < -0.39 is 0 Å². The molecule has 0 unspecified atom stereocenters. The molecule has 5 heteroatoms.